The number of fused-ring (bicyclic) bond motifs is 1. The lowest BCUT2D eigenvalue weighted by Gasteiger charge is -2.35. The zero-order chi connectivity index (χ0) is 23.4. The molecule has 1 saturated heterocycles. The van der Waals surface area contributed by atoms with E-state index in [0.717, 1.165) is 16.3 Å². The summed E-state index contributed by atoms with van der Waals surface area (Å²) in [5, 5.41) is 1.99. The third-order valence-electron chi connectivity index (χ3n) is 6.02. The molecule has 0 saturated carbocycles. The average Bonchev–Trinajstić information content (AvgIpc) is 2.87. The highest BCUT2D eigenvalue weighted by Gasteiger charge is 2.26. The summed E-state index contributed by atoms with van der Waals surface area (Å²) < 4.78 is 16.1. The van der Waals surface area contributed by atoms with Gasteiger partial charge in [0.25, 0.3) is 5.91 Å². The van der Waals surface area contributed by atoms with Crippen LogP contribution in [0.1, 0.15) is 15.9 Å². The van der Waals surface area contributed by atoms with Crippen LogP contribution in [0.4, 0.5) is 0 Å². The van der Waals surface area contributed by atoms with E-state index in [1.54, 1.807) is 38.4 Å². The van der Waals surface area contributed by atoms with E-state index in [-0.39, 0.29) is 18.2 Å². The predicted octanol–water partition coefficient (Wildman–Crippen LogP) is 3.39. The van der Waals surface area contributed by atoms with Crippen LogP contribution in [0, 0.1) is 0 Å². The predicted molar refractivity (Wildman–Crippen MR) is 126 cm³/mol. The second-order valence-electron chi connectivity index (χ2n) is 7.91. The summed E-state index contributed by atoms with van der Waals surface area (Å²) in [6.45, 7) is 2.01. The smallest absolute Gasteiger partial charge is 0.254 e. The van der Waals surface area contributed by atoms with E-state index in [1.807, 2.05) is 47.4 Å². The molecule has 0 radical (unpaired) electrons. The normalized spacial score (nSPS) is 13.7. The van der Waals surface area contributed by atoms with Crippen molar-refractivity contribution in [1.82, 2.24) is 9.80 Å². The minimum atomic E-state index is 0.00142. The SMILES string of the molecule is COc1cc(CC(=O)N2CCN(C(=O)c3cccc4ccccc34)CC2)cc(OC)c1OC. The summed E-state index contributed by atoms with van der Waals surface area (Å²) >= 11 is 0. The highest BCUT2D eigenvalue weighted by molar-refractivity contribution is 6.07. The number of carbonyl (C=O) groups excluding carboxylic acids is 2. The first-order valence-corrected chi connectivity index (χ1v) is 10.9. The van der Waals surface area contributed by atoms with Crippen LogP contribution in [-0.2, 0) is 11.2 Å². The summed E-state index contributed by atoms with van der Waals surface area (Å²) in [6, 6.07) is 17.3. The summed E-state index contributed by atoms with van der Waals surface area (Å²) in [6.07, 6.45) is 0.216. The van der Waals surface area contributed by atoms with Gasteiger partial charge in [-0.1, -0.05) is 36.4 Å². The minimum Gasteiger partial charge on any atom is -0.493 e. The fourth-order valence-electron chi connectivity index (χ4n) is 4.27. The van der Waals surface area contributed by atoms with Crippen LogP contribution in [-0.4, -0.2) is 69.1 Å². The molecule has 0 aliphatic carbocycles. The second-order valence-corrected chi connectivity index (χ2v) is 7.91. The lowest BCUT2D eigenvalue weighted by Crippen LogP contribution is -2.51. The average molecular weight is 449 g/mol. The van der Waals surface area contributed by atoms with Crippen molar-refractivity contribution < 1.29 is 23.8 Å². The molecule has 33 heavy (non-hydrogen) atoms. The van der Waals surface area contributed by atoms with Gasteiger partial charge in [0.05, 0.1) is 27.8 Å². The van der Waals surface area contributed by atoms with E-state index in [0.29, 0.717) is 49.0 Å². The standard InChI is InChI=1S/C26H28N2O5/c1-31-22-15-18(16-23(32-2)25(22)33-3)17-24(29)27-11-13-28(14-12-27)26(30)21-10-6-8-19-7-4-5-9-20(19)21/h4-10,15-16H,11-14,17H2,1-3H3. The van der Waals surface area contributed by atoms with Crippen LogP contribution < -0.4 is 14.2 Å². The number of carbonyl (C=O) groups is 2. The molecule has 0 aromatic heterocycles. The van der Waals surface area contributed by atoms with Crippen LogP contribution in [0.25, 0.3) is 10.8 Å². The Morgan fingerprint density at radius 3 is 2.03 bits per heavy atom. The van der Waals surface area contributed by atoms with Gasteiger partial charge < -0.3 is 24.0 Å². The summed E-state index contributed by atoms with van der Waals surface area (Å²) in [7, 11) is 4.65. The van der Waals surface area contributed by atoms with Crippen molar-refractivity contribution >= 4 is 22.6 Å². The number of rotatable bonds is 6. The van der Waals surface area contributed by atoms with Crippen molar-refractivity contribution in [3.63, 3.8) is 0 Å². The second kappa shape index (κ2) is 9.81. The van der Waals surface area contributed by atoms with Gasteiger partial charge in [-0.15, -0.1) is 0 Å². The topological polar surface area (TPSA) is 68.3 Å². The van der Waals surface area contributed by atoms with E-state index in [4.69, 9.17) is 14.2 Å². The van der Waals surface area contributed by atoms with Gasteiger partial charge in [-0.3, -0.25) is 9.59 Å². The maximum atomic E-state index is 13.2. The molecule has 0 atom stereocenters. The number of hydrogen-bond acceptors (Lipinski definition) is 5. The van der Waals surface area contributed by atoms with Crippen molar-refractivity contribution in [1.29, 1.82) is 0 Å². The van der Waals surface area contributed by atoms with Crippen LogP contribution >= 0.6 is 0 Å². The zero-order valence-electron chi connectivity index (χ0n) is 19.2. The lowest BCUT2D eigenvalue weighted by atomic mass is 10.0. The Morgan fingerprint density at radius 1 is 0.788 bits per heavy atom. The molecule has 2 amide bonds. The fraction of sp³-hybridized carbons (Fsp3) is 0.308. The number of nitrogens with zero attached hydrogens (tertiary/aromatic N) is 2. The van der Waals surface area contributed by atoms with Crippen molar-refractivity contribution in [2.45, 2.75) is 6.42 Å². The maximum Gasteiger partial charge on any atom is 0.254 e. The number of benzene rings is 3. The van der Waals surface area contributed by atoms with Gasteiger partial charge in [0.1, 0.15) is 0 Å². The molecule has 1 heterocycles. The third kappa shape index (κ3) is 4.58. The fourth-order valence-corrected chi connectivity index (χ4v) is 4.27. The Bertz CT molecular complexity index is 1140. The van der Waals surface area contributed by atoms with E-state index in [1.165, 1.54) is 0 Å². The molecular formula is C26H28N2O5. The van der Waals surface area contributed by atoms with Gasteiger partial charge in [-0.2, -0.15) is 0 Å². The Hall–Kier alpha value is -3.74. The van der Waals surface area contributed by atoms with Gasteiger partial charge in [-0.25, -0.2) is 0 Å². The summed E-state index contributed by atoms with van der Waals surface area (Å²) in [5.41, 5.74) is 1.48. The van der Waals surface area contributed by atoms with Gasteiger partial charge in [0.2, 0.25) is 11.7 Å². The molecule has 172 valence electrons. The van der Waals surface area contributed by atoms with Crippen molar-refractivity contribution in [3.8, 4) is 17.2 Å². The molecular weight excluding hydrogens is 420 g/mol. The third-order valence-corrected chi connectivity index (χ3v) is 6.02. The molecule has 0 N–H and O–H groups in total. The van der Waals surface area contributed by atoms with Crippen LogP contribution in [0.5, 0.6) is 17.2 Å². The molecule has 0 bridgehead atoms. The molecule has 7 nitrogen and oxygen atoms in total. The highest BCUT2D eigenvalue weighted by Crippen LogP contribution is 2.38. The Morgan fingerprint density at radius 2 is 1.39 bits per heavy atom. The van der Waals surface area contributed by atoms with Gasteiger partial charge in [-0.05, 0) is 34.5 Å². The maximum absolute atomic E-state index is 13.2. The molecule has 0 spiro atoms. The quantitative estimate of drug-likeness (QED) is 0.578. The minimum absolute atomic E-state index is 0.00142. The Kier molecular flexibility index (Phi) is 6.68. The molecule has 4 rings (SSSR count). The molecule has 0 unspecified atom stereocenters. The monoisotopic (exact) mass is 448 g/mol. The first kappa shape index (κ1) is 22.5. The molecule has 7 heteroatoms. The first-order chi connectivity index (χ1) is 16.0. The van der Waals surface area contributed by atoms with Crippen LogP contribution in [0.15, 0.2) is 54.6 Å². The highest BCUT2D eigenvalue weighted by atomic mass is 16.5. The van der Waals surface area contributed by atoms with Gasteiger partial charge in [0.15, 0.2) is 11.5 Å². The Labute approximate surface area is 193 Å². The van der Waals surface area contributed by atoms with Crippen LogP contribution in [0.2, 0.25) is 0 Å². The zero-order valence-corrected chi connectivity index (χ0v) is 19.2. The molecule has 1 aliphatic rings. The Balaban J connectivity index is 1.42. The lowest BCUT2D eigenvalue weighted by molar-refractivity contribution is -0.131. The van der Waals surface area contributed by atoms with Crippen LogP contribution in [0.3, 0.4) is 0 Å². The summed E-state index contributed by atoms with van der Waals surface area (Å²) in [4.78, 5) is 29.7. The van der Waals surface area contributed by atoms with Gasteiger partial charge >= 0.3 is 0 Å². The largest absolute Gasteiger partial charge is 0.493 e. The number of piperazine rings is 1. The molecule has 3 aromatic carbocycles. The van der Waals surface area contributed by atoms with E-state index in [9.17, 15) is 9.59 Å². The number of amides is 2. The molecule has 3 aromatic rings. The molecule has 1 aliphatic heterocycles. The van der Waals surface area contributed by atoms with Crippen molar-refractivity contribution in [3.05, 3.63) is 65.7 Å². The van der Waals surface area contributed by atoms with Gasteiger partial charge in [0, 0.05) is 31.7 Å². The molecule has 1 fully saturated rings. The van der Waals surface area contributed by atoms with Crippen molar-refractivity contribution in [2.24, 2.45) is 0 Å². The number of hydrogen-bond donors (Lipinski definition) is 0. The number of methoxy groups -OCH3 is 3. The summed E-state index contributed by atoms with van der Waals surface area (Å²) in [5.74, 6) is 1.54. The van der Waals surface area contributed by atoms with E-state index < -0.39 is 0 Å². The first-order valence-electron chi connectivity index (χ1n) is 10.9. The van der Waals surface area contributed by atoms with E-state index in [2.05, 4.69) is 0 Å². The van der Waals surface area contributed by atoms with E-state index >= 15 is 0 Å². The van der Waals surface area contributed by atoms with Crippen molar-refractivity contribution in [2.75, 3.05) is 47.5 Å². The number of ether oxygens (including phenoxy) is 3.